The summed E-state index contributed by atoms with van der Waals surface area (Å²) in [5.74, 6) is 1.72. The average molecular weight is 458 g/mol. The van der Waals surface area contributed by atoms with Crippen molar-refractivity contribution in [2.24, 2.45) is 0 Å². The van der Waals surface area contributed by atoms with Crippen LogP contribution in [0.15, 0.2) is 60.9 Å². The van der Waals surface area contributed by atoms with E-state index in [1.807, 2.05) is 54.3 Å². The van der Waals surface area contributed by atoms with E-state index in [0.29, 0.717) is 56.9 Å². The molecule has 0 saturated carbocycles. The van der Waals surface area contributed by atoms with Gasteiger partial charge in [0.15, 0.2) is 17.0 Å². The maximum absolute atomic E-state index is 12.8. The first-order valence-corrected chi connectivity index (χ1v) is 11.5. The summed E-state index contributed by atoms with van der Waals surface area (Å²) in [7, 11) is 0. The minimum atomic E-state index is 0.130. The van der Waals surface area contributed by atoms with Gasteiger partial charge in [-0.3, -0.25) is 4.79 Å². The van der Waals surface area contributed by atoms with E-state index in [1.54, 1.807) is 11.0 Å². The zero-order chi connectivity index (χ0) is 23.3. The number of benzene rings is 2. The van der Waals surface area contributed by atoms with Crippen LogP contribution < -0.4 is 9.64 Å². The highest BCUT2D eigenvalue weighted by molar-refractivity contribution is 5.83. The Morgan fingerprint density at radius 2 is 1.71 bits per heavy atom. The van der Waals surface area contributed by atoms with Crippen LogP contribution in [0.1, 0.15) is 18.1 Å². The number of hydrogen-bond donors (Lipinski definition) is 0. The molecule has 1 amide bonds. The molecule has 1 aliphatic rings. The largest absolute Gasteiger partial charge is 0.494 e. The molecule has 9 nitrogen and oxygen atoms in total. The monoisotopic (exact) mass is 457 g/mol. The van der Waals surface area contributed by atoms with Crippen LogP contribution in [-0.4, -0.2) is 68.6 Å². The van der Waals surface area contributed by atoms with Crippen LogP contribution in [-0.2, 0) is 17.8 Å². The summed E-state index contributed by atoms with van der Waals surface area (Å²) in [5.41, 5.74) is 3.52. The summed E-state index contributed by atoms with van der Waals surface area (Å²) in [6.07, 6.45) is 1.95. The smallest absolute Gasteiger partial charge is 0.227 e. The first-order chi connectivity index (χ1) is 16.7. The molecule has 4 aromatic rings. The minimum Gasteiger partial charge on any atom is -0.494 e. The second-order valence-corrected chi connectivity index (χ2v) is 8.22. The molecule has 0 N–H and O–H groups in total. The number of aromatic nitrogens is 5. The molecule has 3 heterocycles. The van der Waals surface area contributed by atoms with E-state index in [1.165, 1.54) is 0 Å². The Morgan fingerprint density at radius 1 is 0.941 bits per heavy atom. The van der Waals surface area contributed by atoms with Crippen LogP contribution in [0.4, 0.5) is 5.82 Å². The summed E-state index contributed by atoms with van der Waals surface area (Å²) in [5, 5.41) is 8.69. The Labute approximate surface area is 198 Å². The van der Waals surface area contributed by atoms with Gasteiger partial charge in [0.1, 0.15) is 12.1 Å². The van der Waals surface area contributed by atoms with E-state index < -0.39 is 0 Å². The van der Waals surface area contributed by atoms with Crippen LogP contribution in [0.3, 0.4) is 0 Å². The fourth-order valence-corrected chi connectivity index (χ4v) is 4.20. The second kappa shape index (κ2) is 9.86. The van der Waals surface area contributed by atoms with Crippen molar-refractivity contribution in [3.05, 3.63) is 72.1 Å². The molecular weight excluding hydrogens is 430 g/mol. The Hall–Kier alpha value is -4.01. The molecule has 0 aliphatic carbocycles. The molecule has 2 aromatic carbocycles. The maximum Gasteiger partial charge on any atom is 0.227 e. The number of piperazine rings is 1. The van der Waals surface area contributed by atoms with Crippen molar-refractivity contribution in [3.8, 4) is 5.75 Å². The van der Waals surface area contributed by atoms with Crippen molar-refractivity contribution in [2.45, 2.75) is 19.9 Å². The highest BCUT2D eigenvalue weighted by atomic mass is 16.5. The van der Waals surface area contributed by atoms with E-state index in [-0.39, 0.29) is 5.91 Å². The number of carbonyl (C=O) groups is 1. The predicted molar refractivity (Wildman–Crippen MR) is 129 cm³/mol. The number of fused-ring (bicyclic) bond motifs is 1. The van der Waals surface area contributed by atoms with Gasteiger partial charge in [-0.1, -0.05) is 47.7 Å². The molecule has 1 saturated heterocycles. The van der Waals surface area contributed by atoms with Gasteiger partial charge < -0.3 is 14.5 Å². The van der Waals surface area contributed by atoms with Gasteiger partial charge >= 0.3 is 0 Å². The van der Waals surface area contributed by atoms with E-state index >= 15 is 0 Å². The van der Waals surface area contributed by atoms with Gasteiger partial charge in [-0.15, -0.1) is 5.10 Å². The molecule has 2 aromatic heterocycles. The molecule has 0 spiro atoms. The quantitative estimate of drug-likeness (QED) is 0.421. The van der Waals surface area contributed by atoms with Crippen LogP contribution in [0.2, 0.25) is 0 Å². The van der Waals surface area contributed by atoms with E-state index in [9.17, 15) is 4.79 Å². The summed E-state index contributed by atoms with van der Waals surface area (Å²) in [6, 6.07) is 17.8. The SMILES string of the molecule is CCOc1ccc(CC(=O)N2CCN(c3ncnc4c3nnn4Cc3ccccc3)CC2)cc1. The fraction of sp³-hybridized carbons (Fsp3) is 0.320. The number of nitrogens with zero attached hydrogens (tertiary/aromatic N) is 7. The van der Waals surface area contributed by atoms with Crippen molar-refractivity contribution in [1.29, 1.82) is 0 Å². The molecule has 0 atom stereocenters. The van der Waals surface area contributed by atoms with Crippen LogP contribution in [0.25, 0.3) is 11.2 Å². The Kier molecular flexibility index (Phi) is 6.33. The molecule has 9 heteroatoms. The molecule has 1 fully saturated rings. The van der Waals surface area contributed by atoms with Gasteiger partial charge in [0.2, 0.25) is 5.91 Å². The molecule has 0 radical (unpaired) electrons. The zero-order valence-electron chi connectivity index (χ0n) is 19.2. The van der Waals surface area contributed by atoms with E-state index in [2.05, 4.69) is 37.3 Å². The molecule has 1 aliphatic heterocycles. The van der Waals surface area contributed by atoms with Crippen molar-refractivity contribution >= 4 is 22.9 Å². The van der Waals surface area contributed by atoms with Crippen molar-refractivity contribution in [1.82, 2.24) is 29.9 Å². The molecule has 0 bridgehead atoms. The average Bonchev–Trinajstić information content (AvgIpc) is 3.29. The molecule has 174 valence electrons. The lowest BCUT2D eigenvalue weighted by atomic mass is 10.1. The first-order valence-electron chi connectivity index (χ1n) is 11.5. The van der Waals surface area contributed by atoms with Gasteiger partial charge in [-0.2, -0.15) is 0 Å². The van der Waals surface area contributed by atoms with E-state index in [4.69, 9.17) is 4.74 Å². The number of amides is 1. The summed E-state index contributed by atoms with van der Waals surface area (Å²) >= 11 is 0. The number of ether oxygens (including phenoxy) is 1. The highest BCUT2D eigenvalue weighted by Crippen LogP contribution is 2.22. The lowest BCUT2D eigenvalue weighted by Crippen LogP contribution is -2.49. The van der Waals surface area contributed by atoms with Gasteiger partial charge in [-0.25, -0.2) is 14.6 Å². The Morgan fingerprint density at radius 3 is 2.44 bits per heavy atom. The third kappa shape index (κ3) is 4.68. The van der Waals surface area contributed by atoms with Gasteiger partial charge in [0, 0.05) is 26.2 Å². The summed E-state index contributed by atoms with van der Waals surface area (Å²) in [4.78, 5) is 25.8. The number of rotatable bonds is 7. The number of carbonyl (C=O) groups excluding carboxylic acids is 1. The molecular formula is C25H27N7O2. The Balaban J connectivity index is 1.23. The predicted octanol–water partition coefficient (Wildman–Crippen LogP) is 2.56. The first kappa shape index (κ1) is 21.8. The standard InChI is InChI=1S/C25H27N7O2/c1-2-34-21-10-8-19(9-11-21)16-22(33)30-12-14-31(15-13-30)24-23-25(27-18-26-24)32(29-28-23)17-20-6-4-3-5-7-20/h3-11,18H,2,12-17H2,1H3. The van der Waals surface area contributed by atoms with Gasteiger partial charge in [0.05, 0.1) is 19.6 Å². The summed E-state index contributed by atoms with van der Waals surface area (Å²) in [6.45, 7) is 5.83. The topological polar surface area (TPSA) is 89.3 Å². The highest BCUT2D eigenvalue weighted by Gasteiger charge is 2.24. The van der Waals surface area contributed by atoms with Crippen LogP contribution in [0.5, 0.6) is 5.75 Å². The lowest BCUT2D eigenvalue weighted by molar-refractivity contribution is -0.130. The fourth-order valence-electron chi connectivity index (χ4n) is 4.20. The van der Waals surface area contributed by atoms with E-state index in [0.717, 1.165) is 22.7 Å². The number of anilines is 1. The van der Waals surface area contributed by atoms with Crippen LogP contribution in [0, 0.1) is 0 Å². The molecule has 0 unspecified atom stereocenters. The maximum atomic E-state index is 12.8. The summed E-state index contributed by atoms with van der Waals surface area (Å²) < 4.78 is 7.27. The Bertz CT molecular complexity index is 1250. The van der Waals surface area contributed by atoms with Crippen LogP contribution >= 0.6 is 0 Å². The van der Waals surface area contributed by atoms with Gasteiger partial charge in [0.25, 0.3) is 0 Å². The number of hydrogen-bond acceptors (Lipinski definition) is 7. The van der Waals surface area contributed by atoms with Crippen molar-refractivity contribution in [3.63, 3.8) is 0 Å². The zero-order valence-corrected chi connectivity index (χ0v) is 19.2. The third-order valence-electron chi connectivity index (χ3n) is 5.98. The molecule has 5 rings (SSSR count). The normalized spacial score (nSPS) is 13.9. The second-order valence-electron chi connectivity index (χ2n) is 8.22. The lowest BCUT2D eigenvalue weighted by Gasteiger charge is -2.35. The van der Waals surface area contributed by atoms with Crippen molar-refractivity contribution < 1.29 is 9.53 Å². The minimum absolute atomic E-state index is 0.130. The molecule has 34 heavy (non-hydrogen) atoms. The van der Waals surface area contributed by atoms with Crippen molar-refractivity contribution in [2.75, 3.05) is 37.7 Å². The third-order valence-corrected chi connectivity index (χ3v) is 5.98. The van der Waals surface area contributed by atoms with Gasteiger partial charge in [-0.05, 0) is 30.2 Å².